The van der Waals surface area contributed by atoms with Crippen LogP contribution in [-0.4, -0.2) is 13.1 Å². The zero-order chi connectivity index (χ0) is 20.6. The maximum absolute atomic E-state index is 5.09. The molecule has 2 aromatic carbocycles. The highest BCUT2D eigenvalue weighted by molar-refractivity contribution is 6.96. The van der Waals surface area contributed by atoms with Gasteiger partial charge in [0.1, 0.15) is 0 Å². The second kappa shape index (κ2) is 7.83. The number of hydrogen-bond donors (Lipinski definition) is 0. The van der Waals surface area contributed by atoms with Gasteiger partial charge in [-0.3, -0.25) is 0 Å². The minimum absolute atomic E-state index is 0.692. The van der Waals surface area contributed by atoms with Gasteiger partial charge >= 0.3 is 0 Å². The summed E-state index contributed by atoms with van der Waals surface area (Å²) >= 11 is 0. The topological polar surface area (TPSA) is 12.9 Å². The molecule has 3 aromatic rings. The van der Waals surface area contributed by atoms with Crippen molar-refractivity contribution in [3.05, 3.63) is 59.7 Å². The normalized spacial score (nSPS) is 12.5. The lowest BCUT2D eigenvalue weighted by Gasteiger charge is -2.44. The molecular formula is C26H35NSi. The van der Waals surface area contributed by atoms with Crippen LogP contribution in [0.15, 0.2) is 48.5 Å². The molecule has 0 saturated heterocycles. The molecule has 0 aliphatic rings. The van der Waals surface area contributed by atoms with Crippen LogP contribution in [0.1, 0.15) is 52.7 Å². The van der Waals surface area contributed by atoms with Gasteiger partial charge in [0.05, 0.1) is 19.3 Å². The van der Waals surface area contributed by atoms with E-state index >= 15 is 0 Å². The minimum Gasteiger partial charge on any atom is -0.248 e. The Balaban J connectivity index is 2.23. The van der Waals surface area contributed by atoms with E-state index in [1.807, 2.05) is 0 Å². The number of pyridine rings is 1. The molecule has 0 fully saturated rings. The summed E-state index contributed by atoms with van der Waals surface area (Å²) in [5, 5.41) is 2.95. The third-order valence-electron chi connectivity index (χ3n) is 6.87. The number of hydrogen-bond acceptors (Lipinski definition) is 1. The Kier molecular flexibility index (Phi) is 5.81. The summed E-state index contributed by atoms with van der Waals surface area (Å²) in [5.74, 6) is 0. The third-order valence-corrected chi connectivity index (χ3v) is 14.0. The molecule has 0 N–H and O–H groups in total. The van der Waals surface area contributed by atoms with Crippen molar-refractivity contribution in [2.24, 2.45) is 0 Å². The highest BCUT2D eigenvalue weighted by Gasteiger charge is 2.45. The fraction of sp³-hybridized carbons (Fsp3) is 0.423. The summed E-state index contributed by atoms with van der Waals surface area (Å²) in [4.78, 5) is 5.09. The predicted molar refractivity (Wildman–Crippen MR) is 127 cm³/mol. The summed E-state index contributed by atoms with van der Waals surface area (Å²) in [6.45, 7) is 18.9. The average molecular weight is 390 g/mol. The summed E-state index contributed by atoms with van der Waals surface area (Å²) in [5.41, 5.74) is 8.13. The number of aromatic nitrogens is 1. The molecule has 1 nitrogen and oxygen atoms in total. The monoisotopic (exact) mass is 389 g/mol. The van der Waals surface area contributed by atoms with Gasteiger partial charge < -0.3 is 0 Å². The average Bonchev–Trinajstić information content (AvgIpc) is 2.63. The Morgan fingerprint density at radius 3 is 1.93 bits per heavy atom. The van der Waals surface area contributed by atoms with E-state index in [2.05, 4.69) is 104 Å². The van der Waals surface area contributed by atoms with Gasteiger partial charge in [-0.25, -0.2) is 4.98 Å². The van der Waals surface area contributed by atoms with E-state index in [0.29, 0.717) is 16.6 Å². The third kappa shape index (κ3) is 3.32. The van der Waals surface area contributed by atoms with Crippen molar-refractivity contribution >= 4 is 24.2 Å². The zero-order valence-corrected chi connectivity index (χ0v) is 19.8. The second-order valence-corrected chi connectivity index (χ2v) is 15.1. The van der Waals surface area contributed by atoms with Crippen molar-refractivity contribution < 1.29 is 0 Å². The first-order valence-electron chi connectivity index (χ1n) is 10.7. The lowest BCUT2D eigenvalue weighted by Crippen LogP contribution is -2.55. The molecule has 1 heterocycles. The fourth-order valence-electron chi connectivity index (χ4n) is 5.53. The zero-order valence-electron chi connectivity index (χ0n) is 18.8. The van der Waals surface area contributed by atoms with E-state index in [0.717, 1.165) is 11.2 Å². The molecule has 0 aliphatic carbocycles. The predicted octanol–water partition coefficient (Wildman–Crippen LogP) is 7.40. The molecule has 0 spiro atoms. The molecule has 28 heavy (non-hydrogen) atoms. The van der Waals surface area contributed by atoms with Gasteiger partial charge in [0.25, 0.3) is 0 Å². The molecule has 0 atom stereocenters. The molecule has 0 bridgehead atoms. The van der Waals surface area contributed by atoms with Gasteiger partial charge in [-0.05, 0) is 70.4 Å². The van der Waals surface area contributed by atoms with Crippen molar-refractivity contribution in [3.8, 4) is 11.3 Å². The van der Waals surface area contributed by atoms with E-state index in [1.54, 1.807) is 5.19 Å². The highest BCUT2D eigenvalue weighted by atomic mass is 28.3. The van der Waals surface area contributed by atoms with Crippen molar-refractivity contribution in [1.29, 1.82) is 0 Å². The molecule has 0 radical (unpaired) electrons. The van der Waals surface area contributed by atoms with Crippen LogP contribution >= 0.6 is 0 Å². The van der Waals surface area contributed by atoms with Crippen LogP contribution in [0.3, 0.4) is 0 Å². The molecule has 0 saturated carbocycles. The standard InChI is InChI=1S/C26H35NSi/c1-17(2)28(18(3)4,19(5)6)26-11-9-10-25-23(26)14-15-24(27-25)22-13-12-20(7)21(8)16-22/h9-19H,1-8H3. The Morgan fingerprint density at radius 1 is 0.714 bits per heavy atom. The largest absolute Gasteiger partial charge is 0.248 e. The summed E-state index contributed by atoms with van der Waals surface area (Å²) in [6, 6.07) is 18.0. The highest BCUT2D eigenvalue weighted by Crippen LogP contribution is 2.42. The Labute approximate surface area is 172 Å². The first-order chi connectivity index (χ1) is 13.2. The van der Waals surface area contributed by atoms with Gasteiger partial charge in [0, 0.05) is 5.56 Å². The molecule has 0 amide bonds. The van der Waals surface area contributed by atoms with Crippen LogP contribution in [0.25, 0.3) is 22.2 Å². The maximum atomic E-state index is 5.09. The number of fused-ring (bicyclic) bond motifs is 1. The van der Waals surface area contributed by atoms with Crippen LogP contribution in [-0.2, 0) is 0 Å². The van der Waals surface area contributed by atoms with Crippen LogP contribution < -0.4 is 5.19 Å². The van der Waals surface area contributed by atoms with Crippen molar-refractivity contribution in [3.63, 3.8) is 0 Å². The van der Waals surface area contributed by atoms with Crippen LogP contribution in [0.4, 0.5) is 0 Å². The molecule has 148 valence electrons. The van der Waals surface area contributed by atoms with E-state index in [-0.39, 0.29) is 0 Å². The summed E-state index contributed by atoms with van der Waals surface area (Å²) < 4.78 is 0. The van der Waals surface area contributed by atoms with Crippen LogP contribution in [0.5, 0.6) is 0 Å². The quantitative estimate of drug-likeness (QED) is 0.414. The summed E-state index contributed by atoms with van der Waals surface area (Å²) in [7, 11) is -1.72. The first kappa shape index (κ1) is 20.8. The molecule has 1 aromatic heterocycles. The van der Waals surface area contributed by atoms with E-state index in [1.165, 1.54) is 22.1 Å². The van der Waals surface area contributed by atoms with Crippen LogP contribution in [0.2, 0.25) is 16.6 Å². The van der Waals surface area contributed by atoms with Crippen LogP contribution in [0, 0.1) is 13.8 Å². The molecule has 0 aliphatic heterocycles. The summed E-state index contributed by atoms with van der Waals surface area (Å²) in [6.07, 6.45) is 0. The van der Waals surface area contributed by atoms with Gasteiger partial charge in [0.2, 0.25) is 0 Å². The van der Waals surface area contributed by atoms with Gasteiger partial charge in [-0.2, -0.15) is 0 Å². The van der Waals surface area contributed by atoms with Gasteiger partial charge in [-0.1, -0.05) is 71.9 Å². The lowest BCUT2D eigenvalue weighted by atomic mass is 10.0. The molecule has 0 unspecified atom stereocenters. The van der Waals surface area contributed by atoms with Gasteiger partial charge in [-0.15, -0.1) is 0 Å². The van der Waals surface area contributed by atoms with E-state index in [4.69, 9.17) is 4.98 Å². The second-order valence-electron chi connectivity index (χ2n) is 9.26. The van der Waals surface area contributed by atoms with Crippen molar-refractivity contribution in [1.82, 2.24) is 4.98 Å². The number of nitrogens with zero attached hydrogens (tertiary/aromatic N) is 1. The maximum Gasteiger partial charge on any atom is 0.0951 e. The molecular weight excluding hydrogens is 354 g/mol. The fourth-order valence-corrected chi connectivity index (χ4v) is 12.5. The molecule has 2 heteroatoms. The van der Waals surface area contributed by atoms with E-state index < -0.39 is 8.07 Å². The molecule has 3 rings (SSSR count). The Bertz CT molecular complexity index is 963. The SMILES string of the molecule is Cc1ccc(-c2ccc3c([Si](C(C)C)(C(C)C)C(C)C)cccc3n2)cc1C. The number of benzene rings is 2. The van der Waals surface area contributed by atoms with E-state index in [9.17, 15) is 0 Å². The number of rotatable bonds is 5. The van der Waals surface area contributed by atoms with Crippen molar-refractivity contribution in [2.75, 3.05) is 0 Å². The van der Waals surface area contributed by atoms with Crippen molar-refractivity contribution in [2.45, 2.75) is 72.0 Å². The first-order valence-corrected chi connectivity index (χ1v) is 12.9. The Morgan fingerprint density at radius 2 is 1.36 bits per heavy atom. The number of aryl methyl sites for hydroxylation is 2. The Hall–Kier alpha value is -1.93. The van der Waals surface area contributed by atoms with Gasteiger partial charge in [0.15, 0.2) is 0 Å². The minimum atomic E-state index is -1.72. The smallest absolute Gasteiger partial charge is 0.0951 e. The lowest BCUT2D eigenvalue weighted by molar-refractivity contribution is 0.836.